The molecule has 0 fully saturated rings. The summed E-state index contributed by atoms with van der Waals surface area (Å²) < 4.78 is 3.11. The molecule has 0 radical (unpaired) electrons. The van der Waals surface area contributed by atoms with Crippen molar-refractivity contribution in [1.82, 2.24) is 15.1 Å². The number of nitrogens with zero attached hydrogens (tertiary/aromatic N) is 2. The molecule has 2 heterocycles. The van der Waals surface area contributed by atoms with Crippen LogP contribution in [0.1, 0.15) is 42.6 Å². The van der Waals surface area contributed by atoms with Crippen LogP contribution in [-0.4, -0.2) is 9.78 Å². The number of nitrogens with one attached hydrogen (secondary N) is 1. The first-order valence-electron chi connectivity index (χ1n) is 6.64. The van der Waals surface area contributed by atoms with Crippen LogP contribution in [0.15, 0.2) is 22.0 Å². The second-order valence-electron chi connectivity index (χ2n) is 4.54. The summed E-state index contributed by atoms with van der Waals surface area (Å²) in [5.41, 5.74) is 2.34. The van der Waals surface area contributed by atoms with Gasteiger partial charge in [-0.15, -0.1) is 11.3 Å². The van der Waals surface area contributed by atoms with Crippen LogP contribution in [0.5, 0.6) is 0 Å². The highest BCUT2D eigenvalue weighted by Gasteiger charge is 2.15. The van der Waals surface area contributed by atoms with Gasteiger partial charge in [0.15, 0.2) is 0 Å². The Labute approximate surface area is 127 Å². The van der Waals surface area contributed by atoms with Crippen LogP contribution in [0.2, 0.25) is 0 Å². The second-order valence-corrected chi connectivity index (χ2v) is 6.31. The number of aromatic nitrogens is 2. The monoisotopic (exact) mass is 341 g/mol. The van der Waals surface area contributed by atoms with Crippen molar-refractivity contribution in [3.05, 3.63) is 38.3 Å². The molecule has 0 aliphatic rings. The van der Waals surface area contributed by atoms with Crippen LogP contribution in [-0.2, 0) is 20.0 Å². The van der Waals surface area contributed by atoms with Gasteiger partial charge in [0.05, 0.1) is 15.9 Å². The molecule has 104 valence electrons. The molecule has 19 heavy (non-hydrogen) atoms. The van der Waals surface area contributed by atoms with E-state index in [2.05, 4.69) is 57.7 Å². The van der Waals surface area contributed by atoms with Crippen molar-refractivity contribution >= 4 is 27.3 Å². The largest absolute Gasteiger partial charge is 0.304 e. The van der Waals surface area contributed by atoms with Crippen LogP contribution >= 0.6 is 27.3 Å². The number of aryl methyl sites for hydroxylation is 2. The highest BCUT2D eigenvalue weighted by atomic mass is 79.9. The molecule has 0 amide bonds. The Bertz CT molecular complexity index is 519. The summed E-state index contributed by atoms with van der Waals surface area (Å²) in [5, 5.41) is 10.3. The minimum absolute atomic E-state index is 0.423. The van der Waals surface area contributed by atoms with Gasteiger partial charge in [0.2, 0.25) is 0 Å². The smallest absolute Gasteiger partial charge is 0.0767 e. The van der Waals surface area contributed by atoms with Gasteiger partial charge in [0, 0.05) is 24.5 Å². The molecule has 2 aromatic heterocycles. The van der Waals surface area contributed by atoms with Gasteiger partial charge in [-0.3, -0.25) is 4.68 Å². The van der Waals surface area contributed by atoms with E-state index in [1.54, 1.807) is 0 Å². The fourth-order valence-electron chi connectivity index (χ4n) is 2.17. The maximum absolute atomic E-state index is 4.53. The molecule has 0 aliphatic heterocycles. The van der Waals surface area contributed by atoms with E-state index >= 15 is 0 Å². The van der Waals surface area contributed by atoms with Crippen LogP contribution in [0.3, 0.4) is 0 Å². The number of hydrogen-bond acceptors (Lipinski definition) is 3. The Balaban J connectivity index is 2.08. The summed E-state index contributed by atoms with van der Waals surface area (Å²) in [5.74, 6) is 0. The molecule has 2 aromatic rings. The van der Waals surface area contributed by atoms with Gasteiger partial charge >= 0.3 is 0 Å². The van der Waals surface area contributed by atoms with Crippen molar-refractivity contribution < 1.29 is 0 Å². The zero-order valence-corrected chi connectivity index (χ0v) is 14.0. The quantitative estimate of drug-likeness (QED) is 0.858. The maximum atomic E-state index is 4.53. The van der Waals surface area contributed by atoms with Gasteiger partial charge < -0.3 is 5.32 Å². The van der Waals surface area contributed by atoms with Crippen LogP contribution in [0.4, 0.5) is 0 Å². The molecular formula is C14H20BrN3S. The molecule has 0 saturated carbocycles. The standard InChI is InChI=1S/C14H20BrN3S/c1-4-10(13-7-6-8-19-13)16-9-12-14(15)11(5-2)17-18(12)3/h6-8,10,16H,4-5,9H2,1-3H3. The van der Waals surface area contributed by atoms with Gasteiger partial charge in [-0.05, 0) is 40.2 Å². The Kier molecular flexibility index (Phi) is 5.19. The number of thiophene rings is 1. The number of hydrogen-bond donors (Lipinski definition) is 1. The highest BCUT2D eigenvalue weighted by molar-refractivity contribution is 9.10. The van der Waals surface area contributed by atoms with Crippen LogP contribution in [0, 0.1) is 0 Å². The molecule has 0 aromatic carbocycles. The zero-order valence-electron chi connectivity index (χ0n) is 11.6. The second kappa shape index (κ2) is 6.68. The molecule has 5 heteroatoms. The lowest BCUT2D eigenvalue weighted by Crippen LogP contribution is -2.21. The highest BCUT2D eigenvalue weighted by Crippen LogP contribution is 2.25. The number of halogens is 1. The van der Waals surface area contributed by atoms with E-state index < -0.39 is 0 Å². The summed E-state index contributed by atoms with van der Waals surface area (Å²) in [7, 11) is 2.01. The summed E-state index contributed by atoms with van der Waals surface area (Å²) >= 11 is 5.47. The lowest BCUT2D eigenvalue weighted by Gasteiger charge is -2.15. The first-order chi connectivity index (χ1) is 9.17. The average molecular weight is 342 g/mol. The molecule has 3 nitrogen and oxygen atoms in total. The molecule has 1 unspecified atom stereocenters. The van der Waals surface area contributed by atoms with E-state index in [1.807, 2.05) is 23.1 Å². The Morgan fingerprint density at radius 2 is 2.26 bits per heavy atom. The average Bonchev–Trinajstić information content (AvgIpc) is 3.01. The molecule has 2 rings (SSSR count). The van der Waals surface area contributed by atoms with Gasteiger partial charge in [-0.25, -0.2) is 0 Å². The van der Waals surface area contributed by atoms with E-state index in [4.69, 9.17) is 0 Å². The minimum atomic E-state index is 0.423. The summed E-state index contributed by atoms with van der Waals surface area (Å²) in [6.45, 7) is 5.18. The predicted octanol–water partition coefficient (Wildman–Crippen LogP) is 4.05. The van der Waals surface area contributed by atoms with E-state index in [-0.39, 0.29) is 0 Å². The Morgan fingerprint density at radius 1 is 1.47 bits per heavy atom. The van der Waals surface area contributed by atoms with E-state index in [0.717, 1.165) is 29.6 Å². The minimum Gasteiger partial charge on any atom is -0.304 e. The van der Waals surface area contributed by atoms with Crippen molar-refractivity contribution in [2.75, 3.05) is 0 Å². The normalized spacial score (nSPS) is 12.8. The first-order valence-corrected chi connectivity index (χ1v) is 8.31. The van der Waals surface area contributed by atoms with Crippen LogP contribution in [0.25, 0.3) is 0 Å². The Morgan fingerprint density at radius 3 is 2.79 bits per heavy atom. The molecule has 1 N–H and O–H groups in total. The fourth-order valence-corrected chi connectivity index (χ4v) is 3.81. The molecular weight excluding hydrogens is 322 g/mol. The molecule has 1 atom stereocenters. The lowest BCUT2D eigenvalue weighted by molar-refractivity contribution is 0.508. The lowest BCUT2D eigenvalue weighted by atomic mass is 10.2. The van der Waals surface area contributed by atoms with Gasteiger partial charge in [0.1, 0.15) is 0 Å². The van der Waals surface area contributed by atoms with Gasteiger partial charge in [0.25, 0.3) is 0 Å². The van der Waals surface area contributed by atoms with Crippen molar-refractivity contribution in [2.24, 2.45) is 7.05 Å². The molecule has 0 bridgehead atoms. The van der Waals surface area contributed by atoms with E-state index in [9.17, 15) is 0 Å². The van der Waals surface area contributed by atoms with Crippen molar-refractivity contribution in [1.29, 1.82) is 0 Å². The van der Waals surface area contributed by atoms with Gasteiger partial charge in [-0.2, -0.15) is 5.10 Å². The maximum Gasteiger partial charge on any atom is 0.0767 e. The summed E-state index contributed by atoms with van der Waals surface area (Å²) in [4.78, 5) is 1.40. The van der Waals surface area contributed by atoms with Crippen molar-refractivity contribution in [2.45, 2.75) is 39.3 Å². The predicted molar refractivity (Wildman–Crippen MR) is 84.5 cm³/mol. The third kappa shape index (κ3) is 3.27. The molecule has 0 saturated heterocycles. The zero-order chi connectivity index (χ0) is 13.8. The van der Waals surface area contributed by atoms with Gasteiger partial charge in [-0.1, -0.05) is 19.9 Å². The first kappa shape index (κ1) is 14.8. The van der Waals surface area contributed by atoms with Crippen molar-refractivity contribution in [3.8, 4) is 0 Å². The third-order valence-corrected chi connectivity index (χ3v) is 5.22. The summed E-state index contributed by atoms with van der Waals surface area (Å²) in [6.07, 6.45) is 2.05. The van der Waals surface area contributed by atoms with Crippen LogP contribution < -0.4 is 5.32 Å². The fraction of sp³-hybridized carbons (Fsp3) is 0.500. The topological polar surface area (TPSA) is 29.9 Å². The Hall–Kier alpha value is -0.650. The molecule has 0 spiro atoms. The summed E-state index contributed by atoms with van der Waals surface area (Å²) in [6, 6.07) is 4.73. The van der Waals surface area contributed by atoms with E-state index in [1.165, 1.54) is 10.6 Å². The third-order valence-electron chi connectivity index (χ3n) is 3.31. The number of rotatable bonds is 6. The SMILES string of the molecule is CCc1nn(C)c(CNC(CC)c2cccs2)c1Br. The molecule has 0 aliphatic carbocycles. The van der Waals surface area contributed by atoms with E-state index in [0.29, 0.717) is 6.04 Å². The van der Waals surface area contributed by atoms with Crippen molar-refractivity contribution in [3.63, 3.8) is 0 Å².